The summed E-state index contributed by atoms with van der Waals surface area (Å²) in [6.45, 7) is 2.46. The highest BCUT2D eigenvalue weighted by atomic mass is 16.5. The molecule has 0 aliphatic carbocycles. The van der Waals surface area contributed by atoms with Gasteiger partial charge in [0, 0.05) is 10.9 Å². The van der Waals surface area contributed by atoms with Gasteiger partial charge in [0.2, 0.25) is 0 Å². The van der Waals surface area contributed by atoms with Crippen molar-refractivity contribution in [3.8, 4) is 17.2 Å². The van der Waals surface area contributed by atoms with E-state index in [2.05, 4.69) is 15.5 Å². The Hall–Kier alpha value is -3.48. The van der Waals surface area contributed by atoms with Crippen LogP contribution in [0, 0.1) is 0 Å². The number of benzene rings is 2. The van der Waals surface area contributed by atoms with Gasteiger partial charge in [-0.1, -0.05) is 0 Å². The lowest BCUT2D eigenvalue weighted by Gasteiger charge is -2.09. The summed E-state index contributed by atoms with van der Waals surface area (Å²) in [6.07, 6.45) is 1.54. The standard InChI is InChI=1S/C20H21N3O4/c1-4-27-18-8-5-13(9-19(18)26-3)12-21-23-20(24)17-11-14-10-15(25-2)6-7-16(14)22-17/h5-12,22H,4H2,1-3H3,(H,23,24). The van der Waals surface area contributed by atoms with E-state index >= 15 is 0 Å². The topological polar surface area (TPSA) is 84.9 Å². The summed E-state index contributed by atoms with van der Waals surface area (Å²) in [5.41, 5.74) is 4.55. The zero-order valence-electron chi connectivity index (χ0n) is 15.4. The normalized spacial score (nSPS) is 10.9. The van der Waals surface area contributed by atoms with E-state index in [4.69, 9.17) is 14.2 Å². The molecule has 0 fully saturated rings. The summed E-state index contributed by atoms with van der Waals surface area (Å²) in [7, 11) is 3.18. The number of methoxy groups -OCH3 is 2. The second-order valence-electron chi connectivity index (χ2n) is 5.68. The monoisotopic (exact) mass is 367 g/mol. The number of aromatic nitrogens is 1. The van der Waals surface area contributed by atoms with Gasteiger partial charge >= 0.3 is 0 Å². The number of amides is 1. The largest absolute Gasteiger partial charge is 0.497 e. The van der Waals surface area contributed by atoms with Crippen LogP contribution in [-0.4, -0.2) is 37.9 Å². The lowest BCUT2D eigenvalue weighted by molar-refractivity contribution is 0.0951. The second-order valence-corrected chi connectivity index (χ2v) is 5.68. The van der Waals surface area contributed by atoms with Gasteiger partial charge in [-0.15, -0.1) is 0 Å². The number of carbonyl (C=O) groups is 1. The summed E-state index contributed by atoms with van der Waals surface area (Å²) in [5, 5.41) is 4.90. The van der Waals surface area contributed by atoms with Crippen molar-refractivity contribution in [3.63, 3.8) is 0 Å². The maximum atomic E-state index is 12.3. The predicted octanol–water partition coefficient (Wildman–Crippen LogP) is 3.35. The number of H-pyrrole nitrogens is 1. The summed E-state index contributed by atoms with van der Waals surface area (Å²) in [6, 6.07) is 12.7. The molecule has 140 valence electrons. The van der Waals surface area contributed by atoms with Crippen molar-refractivity contribution < 1.29 is 19.0 Å². The lowest BCUT2D eigenvalue weighted by Crippen LogP contribution is -2.17. The molecule has 2 N–H and O–H groups in total. The number of hydrogen-bond acceptors (Lipinski definition) is 5. The molecule has 0 unspecified atom stereocenters. The molecule has 1 aromatic heterocycles. The van der Waals surface area contributed by atoms with Crippen LogP contribution in [-0.2, 0) is 0 Å². The van der Waals surface area contributed by atoms with E-state index < -0.39 is 0 Å². The van der Waals surface area contributed by atoms with Crippen molar-refractivity contribution in [1.82, 2.24) is 10.4 Å². The molecule has 0 aliphatic rings. The minimum Gasteiger partial charge on any atom is -0.497 e. The van der Waals surface area contributed by atoms with E-state index in [1.165, 1.54) is 0 Å². The Morgan fingerprint density at radius 1 is 1.11 bits per heavy atom. The van der Waals surface area contributed by atoms with Gasteiger partial charge in [-0.2, -0.15) is 5.10 Å². The molecule has 7 heteroatoms. The average Bonchev–Trinajstić information content (AvgIpc) is 3.12. The van der Waals surface area contributed by atoms with E-state index in [0.29, 0.717) is 23.8 Å². The Morgan fingerprint density at radius 2 is 1.96 bits per heavy atom. The van der Waals surface area contributed by atoms with Crippen molar-refractivity contribution in [2.45, 2.75) is 6.92 Å². The molecule has 1 heterocycles. The minimum atomic E-state index is -0.334. The van der Waals surface area contributed by atoms with Crippen molar-refractivity contribution in [3.05, 3.63) is 53.7 Å². The maximum absolute atomic E-state index is 12.3. The molecular weight excluding hydrogens is 346 g/mol. The molecule has 3 aromatic rings. The first-order valence-corrected chi connectivity index (χ1v) is 8.45. The highest BCUT2D eigenvalue weighted by Crippen LogP contribution is 2.27. The smallest absolute Gasteiger partial charge is 0.287 e. The van der Waals surface area contributed by atoms with E-state index in [1.807, 2.05) is 31.2 Å². The molecule has 0 aliphatic heterocycles. The van der Waals surface area contributed by atoms with Gasteiger partial charge in [0.15, 0.2) is 11.5 Å². The predicted molar refractivity (Wildman–Crippen MR) is 104 cm³/mol. The summed E-state index contributed by atoms with van der Waals surface area (Å²) >= 11 is 0. The number of hydrogen-bond donors (Lipinski definition) is 2. The Bertz CT molecular complexity index is 979. The second kappa shape index (κ2) is 8.27. The van der Waals surface area contributed by atoms with Crippen LogP contribution in [0.2, 0.25) is 0 Å². The molecule has 2 aromatic carbocycles. The zero-order valence-corrected chi connectivity index (χ0v) is 15.4. The molecule has 0 spiro atoms. The van der Waals surface area contributed by atoms with Gasteiger partial charge in [0.25, 0.3) is 5.91 Å². The van der Waals surface area contributed by atoms with Crippen LogP contribution in [0.25, 0.3) is 10.9 Å². The number of hydrazone groups is 1. The fraction of sp³-hybridized carbons (Fsp3) is 0.200. The summed E-state index contributed by atoms with van der Waals surface area (Å²) in [4.78, 5) is 15.3. The zero-order chi connectivity index (χ0) is 19.2. The van der Waals surface area contributed by atoms with Crippen LogP contribution < -0.4 is 19.6 Å². The number of ether oxygens (including phenoxy) is 3. The highest BCUT2D eigenvalue weighted by Gasteiger charge is 2.09. The maximum Gasteiger partial charge on any atom is 0.287 e. The van der Waals surface area contributed by atoms with Crippen LogP contribution in [0.3, 0.4) is 0 Å². The van der Waals surface area contributed by atoms with Gasteiger partial charge in [0.1, 0.15) is 11.4 Å². The minimum absolute atomic E-state index is 0.334. The first-order chi connectivity index (χ1) is 13.1. The average molecular weight is 367 g/mol. The fourth-order valence-corrected chi connectivity index (χ4v) is 2.62. The third kappa shape index (κ3) is 4.20. The lowest BCUT2D eigenvalue weighted by atomic mass is 10.2. The van der Waals surface area contributed by atoms with Gasteiger partial charge < -0.3 is 19.2 Å². The molecule has 7 nitrogen and oxygen atoms in total. The summed E-state index contributed by atoms with van der Waals surface area (Å²) < 4.78 is 16.0. The van der Waals surface area contributed by atoms with Gasteiger partial charge in [0.05, 0.1) is 27.0 Å². The molecule has 3 rings (SSSR count). The van der Waals surface area contributed by atoms with Crippen molar-refractivity contribution in [1.29, 1.82) is 0 Å². The van der Waals surface area contributed by atoms with E-state index in [0.717, 1.165) is 22.2 Å². The molecule has 0 atom stereocenters. The van der Waals surface area contributed by atoms with Crippen molar-refractivity contribution >= 4 is 23.0 Å². The Morgan fingerprint density at radius 3 is 2.70 bits per heavy atom. The number of nitrogens with one attached hydrogen (secondary N) is 2. The van der Waals surface area contributed by atoms with E-state index in [-0.39, 0.29) is 5.91 Å². The Labute approximate surface area is 156 Å². The van der Waals surface area contributed by atoms with Gasteiger partial charge in [-0.25, -0.2) is 5.43 Å². The van der Waals surface area contributed by atoms with Crippen molar-refractivity contribution in [2.75, 3.05) is 20.8 Å². The molecule has 0 saturated carbocycles. The SMILES string of the molecule is CCOc1ccc(C=NNC(=O)c2cc3cc(OC)ccc3[nH]2)cc1OC. The molecule has 27 heavy (non-hydrogen) atoms. The number of fused-ring (bicyclic) bond motifs is 1. The van der Waals surface area contributed by atoms with Gasteiger partial charge in [-0.3, -0.25) is 4.79 Å². The number of nitrogens with zero attached hydrogens (tertiary/aromatic N) is 1. The van der Waals surface area contributed by atoms with Crippen LogP contribution >= 0.6 is 0 Å². The van der Waals surface area contributed by atoms with E-state index in [1.54, 1.807) is 38.6 Å². The van der Waals surface area contributed by atoms with Crippen molar-refractivity contribution in [2.24, 2.45) is 5.10 Å². The van der Waals surface area contributed by atoms with Crippen LogP contribution in [0.5, 0.6) is 17.2 Å². The molecule has 0 bridgehead atoms. The van der Waals surface area contributed by atoms with Crippen LogP contribution in [0.15, 0.2) is 47.6 Å². The summed E-state index contributed by atoms with van der Waals surface area (Å²) in [5.74, 6) is 1.67. The molecule has 0 radical (unpaired) electrons. The Kier molecular flexibility index (Phi) is 5.61. The number of aromatic amines is 1. The van der Waals surface area contributed by atoms with E-state index in [9.17, 15) is 4.79 Å². The molecule has 0 saturated heterocycles. The van der Waals surface area contributed by atoms with Crippen LogP contribution in [0.1, 0.15) is 23.0 Å². The first kappa shape index (κ1) is 18.3. The highest BCUT2D eigenvalue weighted by molar-refractivity contribution is 5.98. The number of rotatable bonds is 7. The number of carbonyl (C=O) groups excluding carboxylic acids is 1. The molecule has 1 amide bonds. The third-order valence-corrected chi connectivity index (χ3v) is 3.94. The quantitative estimate of drug-likeness (QED) is 0.495. The fourth-order valence-electron chi connectivity index (χ4n) is 2.62. The molecular formula is C20H21N3O4. The van der Waals surface area contributed by atoms with Gasteiger partial charge in [-0.05, 0) is 55.0 Å². The Balaban J connectivity index is 1.69. The third-order valence-electron chi connectivity index (χ3n) is 3.94. The first-order valence-electron chi connectivity index (χ1n) is 8.45. The van der Waals surface area contributed by atoms with Crippen LogP contribution in [0.4, 0.5) is 0 Å².